The first-order valence-corrected chi connectivity index (χ1v) is 9.97. The SMILES string of the molecule is Cc1c(C(=O)NCc2ccco2)sc2ncnc(NCCc3ccccc3F)c12. The van der Waals surface area contributed by atoms with Gasteiger partial charge in [0.2, 0.25) is 0 Å². The summed E-state index contributed by atoms with van der Waals surface area (Å²) in [5, 5.41) is 6.93. The molecule has 1 amide bonds. The van der Waals surface area contributed by atoms with Crippen molar-refractivity contribution in [3.63, 3.8) is 0 Å². The van der Waals surface area contributed by atoms with Crippen molar-refractivity contribution < 1.29 is 13.6 Å². The van der Waals surface area contributed by atoms with Crippen LogP contribution in [0.15, 0.2) is 53.4 Å². The fourth-order valence-corrected chi connectivity index (χ4v) is 4.16. The molecule has 0 spiro atoms. The summed E-state index contributed by atoms with van der Waals surface area (Å²) >= 11 is 1.32. The maximum atomic E-state index is 13.8. The summed E-state index contributed by atoms with van der Waals surface area (Å²) < 4.78 is 19.0. The maximum Gasteiger partial charge on any atom is 0.262 e. The molecule has 8 heteroatoms. The van der Waals surface area contributed by atoms with Crippen LogP contribution < -0.4 is 10.6 Å². The number of benzene rings is 1. The molecule has 0 saturated heterocycles. The Morgan fingerprint density at radius 1 is 1.21 bits per heavy atom. The first-order valence-electron chi connectivity index (χ1n) is 9.15. The van der Waals surface area contributed by atoms with Gasteiger partial charge in [0.25, 0.3) is 5.91 Å². The predicted molar refractivity (Wildman–Crippen MR) is 111 cm³/mol. The second-order valence-electron chi connectivity index (χ2n) is 6.49. The van der Waals surface area contributed by atoms with Gasteiger partial charge in [0, 0.05) is 6.54 Å². The van der Waals surface area contributed by atoms with E-state index in [-0.39, 0.29) is 11.7 Å². The molecule has 0 radical (unpaired) electrons. The number of amides is 1. The number of hydrogen-bond donors (Lipinski definition) is 2. The molecule has 0 saturated carbocycles. The molecule has 0 atom stereocenters. The molecule has 6 nitrogen and oxygen atoms in total. The Balaban J connectivity index is 1.50. The minimum Gasteiger partial charge on any atom is -0.467 e. The van der Waals surface area contributed by atoms with E-state index in [9.17, 15) is 9.18 Å². The Kier molecular flexibility index (Phi) is 5.53. The molecule has 0 aliphatic carbocycles. The molecular weight excluding hydrogens is 391 g/mol. The fraction of sp³-hybridized carbons (Fsp3) is 0.190. The molecule has 0 aliphatic rings. The number of aromatic nitrogens is 2. The highest BCUT2D eigenvalue weighted by Gasteiger charge is 2.19. The summed E-state index contributed by atoms with van der Waals surface area (Å²) in [5.41, 5.74) is 1.46. The molecule has 1 aromatic carbocycles. The van der Waals surface area contributed by atoms with Crippen LogP contribution >= 0.6 is 11.3 Å². The van der Waals surface area contributed by atoms with Crippen molar-refractivity contribution in [3.8, 4) is 0 Å². The minimum atomic E-state index is -0.218. The lowest BCUT2D eigenvalue weighted by Crippen LogP contribution is -2.22. The van der Waals surface area contributed by atoms with Crippen molar-refractivity contribution in [2.75, 3.05) is 11.9 Å². The zero-order valence-electron chi connectivity index (χ0n) is 15.7. The van der Waals surface area contributed by atoms with E-state index < -0.39 is 0 Å². The zero-order chi connectivity index (χ0) is 20.2. The summed E-state index contributed by atoms with van der Waals surface area (Å²) in [7, 11) is 0. The maximum absolute atomic E-state index is 13.8. The number of aryl methyl sites for hydroxylation is 1. The highest BCUT2D eigenvalue weighted by Crippen LogP contribution is 2.33. The van der Waals surface area contributed by atoms with Gasteiger partial charge in [-0.1, -0.05) is 18.2 Å². The number of nitrogens with zero attached hydrogens (tertiary/aromatic N) is 2. The van der Waals surface area contributed by atoms with Gasteiger partial charge in [-0.3, -0.25) is 4.79 Å². The zero-order valence-corrected chi connectivity index (χ0v) is 16.6. The van der Waals surface area contributed by atoms with Gasteiger partial charge >= 0.3 is 0 Å². The number of anilines is 1. The number of carbonyl (C=O) groups is 1. The molecule has 29 heavy (non-hydrogen) atoms. The average Bonchev–Trinajstić information content (AvgIpc) is 3.36. The van der Waals surface area contributed by atoms with Crippen molar-refractivity contribution in [3.05, 3.63) is 76.6 Å². The number of rotatable bonds is 7. The van der Waals surface area contributed by atoms with E-state index in [1.54, 1.807) is 30.5 Å². The van der Waals surface area contributed by atoms with Gasteiger partial charge in [0.15, 0.2) is 0 Å². The van der Waals surface area contributed by atoms with Crippen LogP contribution in [0.25, 0.3) is 10.2 Å². The molecule has 4 aromatic rings. The Morgan fingerprint density at radius 2 is 2.07 bits per heavy atom. The lowest BCUT2D eigenvalue weighted by molar-refractivity contribution is 0.0951. The van der Waals surface area contributed by atoms with Crippen LogP contribution in [-0.4, -0.2) is 22.4 Å². The molecule has 0 aliphatic heterocycles. The highest BCUT2D eigenvalue weighted by atomic mass is 32.1. The van der Waals surface area contributed by atoms with E-state index in [0.717, 1.165) is 15.8 Å². The van der Waals surface area contributed by atoms with Crippen LogP contribution in [-0.2, 0) is 13.0 Å². The van der Waals surface area contributed by atoms with E-state index in [2.05, 4.69) is 20.6 Å². The van der Waals surface area contributed by atoms with Gasteiger partial charge in [-0.25, -0.2) is 14.4 Å². The van der Waals surface area contributed by atoms with Crippen molar-refractivity contribution in [2.45, 2.75) is 19.9 Å². The molecule has 0 bridgehead atoms. The van der Waals surface area contributed by atoms with E-state index in [1.807, 2.05) is 13.0 Å². The van der Waals surface area contributed by atoms with Crippen LogP contribution in [0.2, 0.25) is 0 Å². The first-order chi connectivity index (χ1) is 14.1. The highest BCUT2D eigenvalue weighted by molar-refractivity contribution is 7.20. The van der Waals surface area contributed by atoms with Crippen molar-refractivity contribution >= 4 is 33.3 Å². The average molecular weight is 410 g/mol. The Bertz CT molecular complexity index is 1140. The molecular formula is C21H19FN4O2S. The third-order valence-corrected chi connectivity index (χ3v) is 5.78. The van der Waals surface area contributed by atoms with Gasteiger partial charge in [-0.05, 0) is 42.7 Å². The summed E-state index contributed by atoms with van der Waals surface area (Å²) in [4.78, 5) is 22.6. The number of furan rings is 1. The minimum absolute atomic E-state index is 0.181. The number of fused-ring (bicyclic) bond motifs is 1. The molecule has 4 rings (SSSR count). The lowest BCUT2D eigenvalue weighted by atomic mass is 10.1. The van der Waals surface area contributed by atoms with Crippen LogP contribution in [0.3, 0.4) is 0 Å². The summed E-state index contributed by atoms with van der Waals surface area (Å²) in [5.74, 6) is 0.932. The Labute approximate surface area is 170 Å². The van der Waals surface area contributed by atoms with Gasteiger partial charge in [0.1, 0.15) is 28.6 Å². The second kappa shape index (κ2) is 8.40. The molecule has 148 valence electrons. The number of hydrogen-bond acceptors (Lipinski definition) is 6. The summed E-state index contributed by atoms with van der Waals surface area (Å²) in [6.45, 7) is 2.72. The van der Waals surface area contributed by atoms with E-state index in [0.29, 0.717) is 41.5 Å². The number of nitrogens with one attached hydrogen (secondary N) is 2. The van der Waals surface area contributed by atoms with E-state index >= 15 is 0 Å². The first kappa shape index (κ1) is 19.1. The third kappa shape index (κ3) is 4.12. The van der Waals surface area contributed by atoms with Gasteiger partial charge < -0.3 is 15.1 Å². The molecule has 3 heterocycles. The second-order valence-corrected chi connectivity index (χ2v) is 7.49. The number of thiophene rings is 1. The monoisotopic (exact) mass is 410 g/mol. The lowest BCUT2D eigenvalue weighted by Gasteiger charge is -2.08. The third-order valence-electron chi connectivity index (χ3n) is 4.58. The predicted octanol–water partition coefficient (Wildman–Crippen LogP) is 4.32. The smallest absolute Gasteiger partial charge is 0.262 e. The molecule has 0 unspecified atom stereocenters. The molecule has 3 aromatic heterocycles. The largest absolute Gasteiger partial charge is 0.467 e. The van der Waals surface area contributed by atoms with Crippen LogP contribution in [0.4, 0.5) is 10.2 Å². The summed E-state index contributed by atoms with van der Waals surface area (Å²) in [6, 6.07) is 10.3. The normalized spacial score (nSPS) is 11.0. The van der Waals surface area contributed by atoms with Gasteiger partial charge in [0.05, 0.1) is 23.1 Å². The standard InChI is InChI=1S/C21H19FN4O2S/c1-13-17-19(23-9-8-14-5-2-3-7-16(14)22)25-12-26-21(17)29-18(13)20(27)24-11-15-6-4-10-28-15/h2-7,10,12H,8-9,11H2,1H3,(H,24,27)(H,23,25,26). The van der Waals surface area contributed by atoms with E-state index in [1.165, 1.54) is 23.7 Å². The molecule has 0 fully saturated rings. The number of halogens is 1. The fourth-order valence-electron chi connectivity index (χ4n) is 3.10. The van der Waals surface area contributed by atoms with Crippen molar-refractivity contribution in [2.24, 2.45) is 0 Å². The summed E-state index contributed by atoms with van der Waals surface area (Å²) in [6.07, 6.45) is 3.56. The Morgan fingerprint density at radius 3 is 2.86 bits per heavy atom. The van der Waals surface area contributed by atoms with Crippen LogP contribution in [0.1, 0.15) is 26.6 Å². The van der Waals surface area contributed by atoms with Crippen molar-refractivity contribution in [1.82, 2.24) is 15.3 Å². The Hall–Kier alpha value is -3.26. The van der Waals surface area contributed by atoms with Crippen LogP contribution in [0.5, 0.6) is 0 Å². The topological polar surface area (TPSA) is 80.1 Å². The van der Waals surface area contributed by atoms with Gasteiger partial charge in [-0.2, -0.15) is 0 Å². The number of carbonyl (C=O) groups excluding carboxylic acids is 1. The quantitative estimate of drug-likeness (QED) is 0.474. The van der Waals surface area contributed by atoms with Crippen LogP contribution in [0, 0.1) is 12.7 Å². The van der Waals surface area contributed by atoms with Gasteiger partial charge in [-0.15, -0.1) is 11.3 Å². The molecule has 2 N–H and O–H groups in total. The van der Waals surface area contributed by atoms with Crippen molar-refractivity contribution in [1.29, 1.82) is 0 Å². The van der Waals surface area contributed by atoms with E-state index in [4.69, 9.17) is 4.42 Å².